The number of carboxylic acid groups (broad SMARTS) is 1. The van der Waals surface area contributed by atoms with Gasteiger partial charge in [-0.05, 0) is 113 Å². The number of carbonyl (C=O) groups is 9. The van der Waals surface area contributed by atoms with Crippen molar-refractivity contribution < 1.29 is 67.2 Å². The number of hydrogen-bond donors (Lipinski definition) is 10. The molecule has 1 aliphatic rings. The number of rotatable bonds is 29. The summed E-state index contributed by atoms with van der Waals surface area (Å²) in [6.45, 7) is 10.3. The van der Waals surface area contributed by atoms with Crippen molar-refractivity contribution in [3.05, 3.63) is 174 Å². The zero-order valence-electron chi connectivity index (χ0n) is 52.7. The summed E-state index contributed by atoms with van der Waals surface area (Å²) in [5, 5.41) is 29.9. The van der Waals surface area contributed by atoms with Crippen LogP contribution in [0.5, 0.6) is 5.75 Å². The fraction of sp³-hybridized carbons (Fsp3) is 0.397. The van der Waals surface area contributed by atoms with Crippen LogP contribution in [-0.4, -0.2) is 142 Å². The molecule has 0 saturated carbocycles. The number of nitrogens with two attached hydrogens (primary N) is 1. The number of aliphatic carboxylic acids is 1. The van der Waals surface area contributed by atoms with Gasteiger partial charge in [0.1, 0.15) is 59.9 Å². The Labute approximate surface area is 534 Å². The number of hydrogen-bond acceptors (Lipinski definition) is 14. The fourth-order valence-electron chi connectivity index (χ4n) is 10.2. The Bertz CT molecular complexity index is 3450. The van der Waals surface area contributed by atoms with Gasteiger partial charge in [-0.25, -0.2) is 19.2 Å². The molecule has 0 radical (unpaired) electrons. The molecule has 24 nitrogen and oxygen atoms in total. The Morgan fingerprint density at radius 2 is 1.14 bits per heavy atom. The van der Waals surface area contributed by atoms with Crippen molar-refractivity contribution in [2.45, 2.75) is 147 Å². The number of likely N-dealkylation sites (tertiary alicyclic amines) is 1. The average molecular weight is 1270 g/mol. The number of para-hydroxylation sites is 1. The maximum absolute atomic E-state index is 15.3. The monoisotopic (exact) mass is 1260 g/mol. The highest BCUT2D eigenvalue weighted by Crippen LogP contribution is 2.26. The van der Waals surface area contributed by atoms with Gasteiger partial charge in [0.15, 0.2) is 0 Å². The lowest BCUT2D eigenvalue weighted by Gasteiger charge is -2.30. The van der Waals surface area contributed by atoms with E-state index in [4.69, 9.17) is 24.7 Å². The topological polar surface area (TPSA) is 340 Å². The van der Waals surface area contributed by atoms with Gasteiger partial charge in [0, 0.05) is 56.0 Å². The third-order valence-electron chi connectivity index (χ3n) is 14.7. The lowest BCUT2D eigenvalue weighted by Crippen LogP contribution is -2.58. The number of alkyl carbamates (subject to hydrolysis) is 3. The molecule has 1 fully saturated rings. The summed E-state index contributed by atoms with van der Waals surface area (Å²) in [7, 11) is 0. The summed E-state index contributed by atoms with van der Waals surface area (Å²) in [5.74, 6) is -4.76. The molecule has 1 unspecified atom stereocenters. The summed E-state index contributed by atoms with van der Waals surface area (Å²) >= 11 is 0. The zero-order valence-corrected chi connectivity index (χ0v) is 52.7. The molecule has 5 aromatic carbocycles. The smallest absolute Gasteiger partial charge is 0.407 e. The molecule has 7 atom stereocenters. The molecule has 0 spiro atoms. The van der Waals surface area contributed by atoms with Crippen molar-refractivity contribution in [2.75, 3.05) is 26.2 Å². The lowest BCUT2D eigenvalue weighted by atomic mass is 10.0. The average Bonchev–Trinajstić information content (AvgIpc) is 1.72. The molecule has 1 aliphatic heterocycles. The first-order chi connectivity index (χ1) is 43.9. The predicted octanol–water partition coefficient (Wildman–Crippen LogP) is 6.41. The normalized spacial score (nSPS) is 15.4. The molecule has 2 heterocycles. The summed E-state index contributed by atoms with van der Waals surface area (Å²) in [5.41, 5.74) is 9.03. The molecule has 6 aromatic rings. The van der Waals surface area contributed by atoms with Gasteiger partial charge >= 0.3 is 24.2 Å². The first kappa shape index (κ1) is 69.5. The number of aromatic nitrogens is 1. The molecule has 0 aliphatic carbocycles. The summed E-state index contributed by atoms with van der Waals surface area (Å²) in [4.78, 5) is 129. The number of carbonyl (C=O) groups excluding carboxylic acids is 8. The van der Waals surface area contributed by atoms with Crippen LogP contribution >= 0.6 is 0 Å². The number of benzene rings is 5. The van der Waals surface area contributed by atoms with E-state index >= 15 is 14.4 Å². The van der Waals surface area contributed by atoms with Gasteiger partial charge < -0.3 is 76.9 Å². The largest absolute Gasteiger partial charge is 0.489 e. The van der Waals surface area contributed by atoms with Crippen molar-refractivity contribution >= 4 is 64.7 Å². The van der Waals surface area contributed by atoms with Crippen molar-refractivity contribution in [3.63, 3.8) is 0 Å². The number of carboxylic acids is 1. The van der Waals surface area contributed by atoms with Gasteiger partial charge in [-0.2, -0.15) is 0 Å². The molecule has 11 N–H and O–H groups in total. The fourth-order valence-corrected chi connectivity index (χ4v) is 10.2. The van der Waals surface area contributed by atoms with E-state index in [0.29, 0.717) is 35.5 Å². The highest BCUT2D eigenvalue weighted by Gasteiger charge is 2.45. The second kappa shape index (κ2) is 33.2. The van der Waals surface area contributed by atoms with E-state index in [0.717, 1.165) is 16.5 Å². The number of unbranched alkanes of at least 4 members (excludes halogenated alkanes) is 1. The van der Waals surface area contributed by atoms with Crippen LogP contribution in [0.2, 0.25) is 0 Å². The summed E-state index contributed by atoms with van der Waals surface area (Å²) < 4.78 is 22.3. The van der Waals surface area contributed by atoms with Crippen molar-refractivity contribution in [1.29, 1.82) is 0 Å². The van der Waals surface area contributed by atoms with Crippen LogP contribution in [0.15, 0.2) is 146 Å². The number of nitrogens with one attached hydrogen (secondary N) is 8. The second-order valence-electron chi connectivity index (χ2n) is 24.4. The van der Waals surface area contributed by atoms with Crippen LogP contribution in [-0.2, 0) is 68.8 Å². The Morgan fingerprint density at radius 3 is 1.77 bits per heavy atom. The second-order valence-corrected chi connectivity index (χ2v) is 24.4. The van der Waals surface area contributed by atoms with Crippen LogP contribution in [0.4, 0.5) is 14.4 Å². The Kier molecular flexibility index (Phi) is 25.1. The van der Waals surface area contributed by atoms with Crippen LogP contribution in [0, 0.1) is 0 Å². The molecular formula is C68H84N10O14. The molecule has 24 heteroatoms. The van der Waals surface area contributed by atoms with E-state index in [1.807, 2.05) is 48.5 Å². The maximum Gasteiger partial charge on any atom is 0.407 e. The number of amides is 8. The van der Waals surface area contributed by atoms with Crippen LogP contribution in [0.3, 0.4) is 0 Å². The highest BCUT2D eigenvalue weighted by molar-refractivity contribution is 5.98. The molecule has 0 bridgehead atoms. The Hall–Kier alpha value is -9.97. The quantitative estimate of drug-likeness (QED) is 0.0179. The standard InChI is InChI=1S/C68H84N10O14/c1-67(2,3)91-65(87)70-33-19-18-28-53(63(84)85)74-59(80)54(38-47-40-73-52-27-17-16-26-50(47)52)75-61(82)57(46-24-14-9-15-25-46)77-60(81)56-39-49(90-64(86)71-34-35-72-66(88)92-68(4,5)6)41-78(56)62(83)55(37-43-20-10-7-11-21-43)76-58(79)51(69)36-44-29-31-48(32-30-44)89-42-45-22-12-8-13-23-45/h7-17,20-27,29-32,40,49,51,53-57,73H,18-19,28,33-39,41-42,69H2,1-6H3,(H,70,87)(H,71,86)(H,72,88)(H,74,80)(H,75,82)(H,76,79)(H,77,81)(H,84,85)/t49?,51-,53-,54+,55-,56-,57-/m0/s1. The first-order valence-corrected chi connectivity index (χ1v) is 30.7. The summed E-state index contributed by atoms with van der Waals surface area (Å²) in [6, 6.07) is 32.7. The number of ether oxygens (including phenoxy) is 4. The Balaban J connectivity index is 1.13. The first-order valence-electron chi connectivity index (χ1n) is 30.7. The van der Waals surface area contributed by atoms with Gasteiger partial charge in [-0.3, -0.25) is 24.0 Å². The molecule has 490 valence electrons. The van der Waals surface area contributed by atoms with Crippen molar-refractivity contribution in [2.24, 2.45) is 5.73 Å². The van der Waals surface area contributed by atoms with E-state index in [9.17, 15) is 33.9 Å². The number of H-pyrrole nitrogens is 1. The van der Waals surface area contributed by atoms with Gasteiger partial charge in [0.25, 0.3) is 0 Å². The van der Waals surface area contributed by atoms with Crippen molar-refractivity contribution in [1.82, 2.24) is 47.1 Å². The maximum atomic E-state index is 15.3. The van der Waals surface area contributed by atoms with Gasteiger partial charge in [-0.1, -0.05) is 121 Å². The van der Waals surface area contributed by atoms with Crippen LogP contribution in [0.1, 0.15) is 101 Å². The molecule has 7 rings (SSSR count). The zero-order chi connectivity index (χ0) is 66.4. The third kappa shape index (κ3) is 22.2. The molecular weight excluding hydrogens is 1180 g/mol. The summed E-state index contributed by atoms with van der Waals surface area (Å²) in [6.07, 6.45) is -1.56. The number of nitrogens with zero attached hydrogens (tertiary/aromatic N) is 1. The number of aromatic amines is 1. The molecule has 92 heavy (non-hydrogen) atoms. The molecule has 1 aromatic heterocycles. The van der Waals surface area contributed by atoms with Gasteiger partial charge in [0.05, 0.1) is 12.6 Å². The van der Waals surface area contributed by atoms with Gasteiger partial charge in [-0.15, -0.1) is 0 Å². The number of fused-ring (bicyclic) bond motifs is 1. The SMILES string of the molecule is CC(C)(C)OC(=O)NCCCC[C@H](NC(=O)[C@@H](Cc1c[nH]c2ccccc12)NC(=O)[C@@H](NC(=O)[C@@H]1CC(OC(=O)NCCNC(=O)OC(C)(C)C)CN1C(=O)[C@H](Cc1ccccc1)NC(=O)[C@@H](N)Cc1ccc(OCc2ccccc2)cc1)c1ccccc1)C(=O)O. The van der Waals surface area contributed by atoms with E-state index in [-0.39, 0.29) is 70.3 Å². The lowest BCUT2D eigenvalue weighted by molar-refractivity contribution is -0.143. The van der Waals surface area contributed by atoms with E-state index in [1.54, 1.807) is 139 Å². The van der Waals surface area contributed by atoms with Crippen LogP contribution < -0.4 is 47.7 Å². The highest BCUT2D eigenvalue weighted by atomic mass is 16.6. The Morgan fingerprint density at radius 1 is 0.587 bits per heavy atom. The van der Waals surface area contributed by atoms with Gasteiger partial charge in [0.2, 0.25) is 29.5 Å². The van der Waals surface area contributed by atoms with Crippen LogP contribution in [0.25, 0.3) is 10.9 Å². The van der Waals surface area contributed by atoms with E-state index in [1.165, 1.54) is 4.90 Å². The third-order valence-corrected chi connectivity index (χ3v) is 14.7. The van der Waals surface area contributed by atoms with E-state index in [2.05, 4.69) is 42.2 Å². The predicted molar refractivity (Wildman–Crippen MR) is 343 cm³/mol. The minimum Gasteiger partial charge on any atom is -0.489 e. The molecule has 8 amide bonds. The van der Waals surface area contributed by atoms with E-state index < -0.39 is 107 Å². The minimum absolute atomic E-state index is 0.0359. The van der Waals surface area contributed by atoms with Crippen molar-refractivity contribution in [3.8, 4) is 5.75 Å². The minimum atomic E-state index is -1.56. The molecule has 1 saturated heterocycles.